The van der Waals surface area contributed by atoms with Crippen molar-refractivity contribution in [3.63, 3.8) is 0 Å². The number of allylic oxidation sites excluding steroid dienone is 3. The Hall–Kier alpha value is -1.84. The van der Waals surface area contributed by atoms with Crippen LogP contribution in [0, 0.1) is 0 Å². The van der Waals surface area contributed by atoms with E-state index in [2.05, 4.69) is 4.99 Å². The number of aliphatic carboxylic acids is 1. The van der Waals surface area contributed by atoms with E-state index >= 15 is 0 Å². The Labute approximate surface area is 95.3 Å². The second kappa shape index (κ2) is 5.90. The van der Waals surface area contributed by atoms with E-state index in [1.807, 2.05) is 43.3 Å². The fourth-order valence-corrected chi connectivity index (χ4v) is 1.26. The maximum atomic E-state index is 10.9. The molecule has 0 saturated heterocycles. The van der Waals surface area contributed by atoms with Gasteiger partial charge in [0.25, 0.3) is 0 Å². The fourth-order valence-electron chi connectivity index (χ4n) is 1.26. The van der Waals surface area contributed by atoms with E-state index < -0.39 is 5.97 Å². The van der Waals surface area contributed by atoms with Crippen molar-refractivity contribution in [1.82, 2.24) is 4.90 Å². The van der Waals surface area contributed by atoms with Gasteiger partial charge in [-0.3, -0.25) is 4.99 Å². The van der Waals surface area contributed by atoms with E-state index in [4.69, 9.17) is 5.11 Å². The van der Waals surface area contributed by atoms with Crippen LogP contribution in [0.5, 0.6) is 0 Å². The van der Waals surface area contributed by atoms with Gasteiger partial charge >= 0.3 is 5.97 Å². The van der Waals surface area contributed by atoms with Gasteiger partial charge in [-0.1, -0.05) is 24.3 Å². The van der Waals surface area contributed by atoms with Crippen molar-refractivity contribution >= 4 is 11.7 Å². The topological polar surface area (TPSA) is 52.9 Å². The summed E-state index contributed by atoms with van der Waals surface area (Å²) >= 11 is 0. The average molecular weight is 220 g/mol. The van der Waals surface area contributed by atoms with Crippen molar-refractivity contribution in [2.75, 3.05) is 20.6 Å². The Morgan fingerprint density at radius 1 is 1.38 bits per heavy atom. The molecule has 0 radical (unpaired) electrons. The van der Waals surface area contributed by atoms with Crippen molar-refractivity contribution in [1.29, 1.82) is 0 Å². The molecule has 1 N–H and O–H groups in total. The minimum Gasteiger partial charge on any atom is -0.477 e. The summed E-state index contributed by atoms with van der Waals surface area (Å²) in [6, 6.07) is 0. The predicted octanol–water partition coefficient (Wildman–Crippen LogP) is 1.47. The van der Waals surface area contributed by atoms with Crippen LogP contribution >= 0.6 is 0 Å². The highest BCUT2D eigenvalue weighted by Crippen LogP contribution is 2.07. The number of carbonyl (C=O) groups is 1. The Morgan fingerprint density at radius 2 is 2.06 bits per heavy atom. The summed E-state index contributed by atoms with van der Waals surface area (Å²) in [7, 11) is 3.78. The van der Waals surface area contributed by atoms with Gasteiger partial charge in [0.15, 0.2) is 0 Å². The number of hydrogen-bond acceptors (Lipinski definition) is 3. The van der Waals surface area contributed by atoms with E-state index in [0.29, 0.717) is 13.0 Å². The third kappa shape index (κ3) is 3.73. The Balaban J connectivity index is 3.03. The summed E-state index contributed by atoms with van der Waals surface area (Å²) < 4.78 is 0. The first-order valence-electron chi connectivity index (χ1n) is 5.08. The van der Waals surface area contributed by atoms with Gasteiger partial charge < -0.3 is 10.0 Å². The molecule has 1 aliphatic rings. The van der Waals surface area contributed by atoms with Crippen molar-refractivity contribution in [2.24, 2.45) is 4.99 Å². The fraction of sp³-hybridized carbons (Fsp3) is 0.333. The summed E-state index contributed by atoms with van der Waals surface area (Å²) in [6.07, 6.45) is 9.96. The van der Waals surface area contributed by atoms with Gasteiger partial charge in [-0.25, -0.2) is 4.79 Å². The second-order valence-corrected chi connectivity index (χ2v) is 3.62. The minimum atomic E-state index is -0.989. The van der Waals surface area contributed by atoms with Crippen LogP contribution in [0.4, 0.5) is 0 Å². The number of rotatable bonds is 2. The van der Waals surface area contributed by atoms with Gasteiger partial charge in [-0.15, -0.1) is 0 Å². The summed E-state index contributed by atoms with van der Waals surface area (Å²) in [5, 5.41) is 8.98. The normalized spacial score (nSPS) is 23.6. The molecule has 0 aromatic carbocycles. The van der Waals surface area contributed by atoms with Gasteiger partial charge in [-0.2, -0.15) is 0 Å². The predicted molar refractivity (Wildman–Crippen MR) is 64.6 cm³/mol. The number of aliphatic imine (C=N–C) groups is 1. The molecule has 16 heavy (non-hydrogen) atoms. The molecule has 0 aromatic rings. The lowest BCUT2D eigenvalue weighted by atomic mass is 10.2. The van der Waals surface area contributed by atoms with E-state index in [1.165, 1.54) is 0 Å². The van der Waals surface area contributed by atoms with Crippen LogP contribution in [0.3, 0.4) is 0 Å². The third-order valence-corrected chi connectivity index (χ3v) is 2.17. The van der Waals surface area contributed by atoms with Gasteiger partial charge in [-0.05, 0) is 6.08 Å². The largest absolute Gasteiger partial charge is 0.477 e. The summed E-state index contributed by atoms with van der Waals surface area (Å²) in [6.45, 7) is 0.392. The van der Waals surface area contributed by atoms with Gasteiger partial charge in [0.2, 0.25) is 0 Å². The molecule has 0 aromatic heterocycles. The lowest BCUT2D eigenvalue weighted by molar-refractivity contribution is -0.129. The van der Waals surface area contributed by atoms with Crippen molar-refractivity contribution < 1.29 is 9.90 Å². The van der Waals surface area contributed by atoms with Crippen LogP contribution in [-0.2, 0) is 4.79 Å². The van der Waals surface area contributed by atoms with Crippen LogP contribution in [-0.4, -0.2) is 42.3 Å². The van der Waals surface area contributed by atoms with Crippen LogP contribution in [0.1, 0.15) is 6.42 Å². The maximum absolute atomic E-state index is 10.9. The highest BCUT2D eigenvalue weighted by Gasteiger charge is 2.08. The van der Waals surface area contributed by atoms with Crippen LogP contribution in [0.15, 0.2) is 41.1 Å². The number of carboxylic acid groups (broad SMARTS) is 1. The van der Waals surface area contributed by atoms with Crippen molar-refractivity contribution in [2.45, 2.75) is 6.42 Å². The SMILES string of the molecule is CN(C)/C1=C/C(C(=O)O)=NC/C=C\C=C/C1. The molecule has 0 aliphatic carbocycles. The Kier molecular flexibility index (Phi) is 4.51. The van der Waals surface area contributed by atoms with Gasteiger partial charge in [0, 0.05) is 26.2 Å². The van der Waals surface area contributed by atoms with Crippen LogP contribution < -0.4 is 0 Å². The molecule has 86 valence electrons. The molecular weight excluding hydrogens is 204 g/mol. The zero-order valence-electron chi connectivity index (χ0n) is 9.55. The molecular formula is C12H16N2O2. The molecule has 0 atom stereocenters. The van der Waals surface area contributed by atoms with Crippen molar-refractivity contribution in [3.05, 3.63) is 36.1 Å². The zero-order valence-corrected chi connectivity index (χ0v) is 9.55. The van der Waals surface area contributed by atoms with E-state index in [9.17, 15) is 4.79 Å². The number of hydrogen-bond donors (Lipinski definition) is 1. The Bertz CT molecular complexity index is 376. The third-order valence-electron chi connectivity index (χ3n) is 2.17. The molecule has 0 spiro atoms. The highest BCUT2D eigenvalue weighted by atomic mass is 16.4. The Morgan fingerprint density at radius 3 is 2.69 bits per heavy atom. The summed E-state index contributed by atoms with van der Waals surface area (Å²) in [5.41, 5.74) is 1.02. The van der Waals surface area contributed by atoms with E-state index in [0.717, 1.165) is 5.70 Å². The summed E-state index contributed by atoms with van der Waals surface area (Å²) in [5.74, 6) is -0.989. The first-order valence-corrected chi connectivity index (χ1v) is 5.08. The maximum Gasteiger partial charge on any atom is 0.354 e. The van der Waals surface area contributed by atoms with Crippen LogP contribution in [0.25, 0.3) is 0 Å². The van der Waals surface area contributed by atoms with E-state index in [1.54, 1.807) is 6.08 Å². The van der Waals surface area contributed by atoms with Gasteiger partial charge in [0.1, 0.15) is 5.71 Å². The molecule has 0 amide bonds. The first kappa shape index (κ1) is 12.2. The lowest BCUT2D eigenvalue weighted by Crippen LogP contribution is -2.17. The molecule has 0 fully saturated rings. The van der Waals surface area contributed by atoms with E-state index in [-0.39, 0.29) is 5.71 Å². The molecule has 4 nitrogen and oxygen atoms in total. The smallest absolute Gasteiger partial charge is 0.354 e. The monoisotopic (exact) mass is 220 g/mol. The second-order valence-electron chi connectivity index (χ2n) is 3.62. The minimum absolute atomic E-state index is 0.101. The zero-order chi connectivity index (χ0) is 12.0. The molecule has 4 heteroatoms. The lowest BCUT2D eigenvalue weighted by Gasteiger charge is -2.16. The molecule has 0 bridgehead atoms. The molecule has 1 heterocycles. The number of carboxylic acids is 1. The highest BCUT2D eigenvalue weighted by molar-refractivity contribution is 6.40. The summed E-state index contributed by atoms with van der Waals surface area (Å²) in [4.78, 5) is 16.9. The first-order chi connectivity index (χ1) is 7.61. The molecule has 0 unspecified atom stereocenters. The molecule has 1 rings (SSSR count). The van der Waals surface area contributed by atoms with Gasteiger partial charge in [0.05, 0.1) is 6.54 Å². The standard InChI is InChI=1S/C12H16N2O2/c1-14(2)10-7-5-3-4-6-8-13-11(9-10)12(15)16/h3-6,9H,7-8H2,1-2H3,(H,15,16)/b5-3-,6-4-,10-9+,13-11?. The molecule has 1 aliphatic heterocycles. The van der Waals surface area contributed by atoms with Crippen LogP contribution in [0.2, 0.25) is 0 Å². The quantitative estimate of drug-likeness (QED) is 0.766. The molecule has 0 saturated carbocycles. The average Bonchev–Trinajstić information content (AvgIpc) is 2.24. The number of nitrogens with zero attached hydrogens (tertiary/aromatic N) is 2. The van der Waals surface area contributed by atoms with Crippen molar-refractivity contribution in [3.8, 4) is 0 Å².